The molecule has 0 spiro atoms. The van der Waals surface area contributed by atoms with E-state index in [4.69, 9.17) is 0 Å². The number of likely N-dealkylation sites (tertiary alicyclic amines) is 1. The Kier molecular flexibility index (Phi) is 5.79. The molecule has 0 aromatic rings. The summed E-state index contributed by atoms with van der Waals surface area (Å²) in [4.78, 5) is 2.28. The molecule has 19 heavy (non-hydrogen) atoms. The Balaban J connectivity index is 2.45. The summed E-state index contributed by atoms with van der Waals surface area (Å²) in [5.41, 5.74) is 0.0936. The Morgan fingerprint density at radius 1 is 1.37 bits per heavy atom. The van der Waals surface area contributed by atoms with Gasteiger partial charge in [-0.1, -0.05) is 13.8 Å². The molecule has 1 unspecified atom stereocenters. The molecule has 1 heterocycles. The smallest absolute Gasteiger partial charge is 0.213 e. The van der Waals surface area contributed by atoms with Gasteiger partial charge in [-0.2, -0.15) is 0 Å². The second-order valence-electron chi connectivity index (χ2n) is 6.54. The van der Waals surface area contributed by atoms with Crippen LogP contribution in [0, 0.1) is 5.41 Å². The molecule has 0 radical (unpaired) electrons. The molecule has 0 aromatic carbocycles. The fourth-order valence-corrected chi connectivity index (χ4v) is 3.52. The highest BCUT2D eigenvalue weighted by atomic mass is 32.2. The van der Waals surface area contributed by atoms with Crippen LogP contribution in [0.1, 0.15) is 33.1 Å². The molecule has 5 nitrogen and oxygen atoms in total. The summed E-state index contributed by atoms with van der Waals surface area (Å²) in [6.07, 6.45) is 2.02. The average Bonchev–Trinajstić information content (AvgIpc) is 2.35. The van der Waals surface area contributed by atoms with E-state index in [2.05, 4.69) is 18.7 Å². The molecule has 0 aliphatic carbocycles. The summed E-state index contributed by atoms with van der Waals surface area (Å²) in [6, 6.07) is 0. The zero-order valence-electron chi connectivity index (χ0n) is 12.6. The summed E-state index contributed by atoms with van der Waals surface area (Å²) < 4.78 is 24.7. The molecule has 1 fully saturated rings. The van der Waals surface area contributed by atoms with Crippen LogP contribution < -0.4 is 0 Å². The third kappa shape index (κ3) is 5.77. The van der Waals surface area contributed by atoms with Crippen LogP contribution in [-0.4, -0.2) is 68.3 Å². The van der Waals surface area contributed by atoms with Gasteiger partial charge in [0.15, 0.2) is 0 Å². The van der Waals surface area contributed by atoms with Gasteiger partial charge in [0.2, 0.25) is 10.0 Å². The van der Waals surface area contributed by atoms with Crippen LogP contribution >= 0.6 is 0 Å². The van der Waals surface area contributed by atoms with Crippen molar-refractivity contribution in [3.05, 3.63) is 0 Å². The number of hydrogen-bond donors (Lipinski definition) is 1. The molecule has 0 bridgehead atoms. The maximum absolute atomic E-state index is 11.7. The fraction of sp³-hybridized carbons (Fsp3) is 1.00. The van der Waals surface area contributed by atoms with Crippen molar-refractivity contribution in [2.45, 2.75) is 39.2 Å². The lowest BCUT2D eigenvalue weighted by atomic mass is 9.87. The predicted molar refractivity (Wildman–Crippen MR) is 77.6 cm³/mol. The number of nitrogens with zero attached hydrogens (tertiary/aromatic N) is 2. The minimum absolute atomic E-state index is 0.0936. The zero-order valence-corrected chi connectivity index (χ0v) is 13.4. The average molecular weight is 292 g/mol. The first-order valence-electron chi connectivity index (χ1n) is 6.93. The maximum Gasteiger partial charge on any atom is 0.213 e. The van der Waals surface area contributed by atoms with E-state index >= 15 is 0 Å². The first kappa shape index (κ1) is 16.9. The number of hydrogen-bond acceptors (Lipinski definition) is 4. The highest BCUT2D eigenvalue weighted by molar-refractivity contribution is 7.89. The summed E-state index contributed by atoms with van der Waals surface area (Å²) in [5, 5.41) is 9.84. The monoisotopic (exact) mass is 292 g/mol. The summed E-state index contributed by atoms with van der Waals surface area (Å²) >= 11 is 0. The Labute approximate surface area is 117 Å². The molecule has 1 saturated heterocycles. The largest absolute Gasteiger partial charge is 0.393 e. The third-order valence-corrected chi connectivity index (χ3v) is 5.57. The van der Waals surface area contributed by atoms with Crippen LogP contribution in [-0.2, 0) is 10.0 Å². The third-order valence-electron chi connectivity index (χ3n) is 3.65. The van der Waals surface area contributed by atoms with E-state index in [1.807, 2.05) is 0 Å². The van der Waals surface area contributed by atoms with Gasteiger partial charge >= 0.3 is 0 Å². The first-order chi connectivity index (χ1) is 8.62. The Bertz CT molecular complexity index is 379. The van der Waals surface area contributed by atoms with E-state index in [0.717, 1.165) is 32.5 Å². The van der Waals surface area contributed by atoms with Crippen molar-refractivity contribution in [3.63, 3.8) is 0 Å². The van der Waals surface area contributed by atoms with Crippen molar-refractivity contribution in [2.75, 3.05) is 39.5 Å². The van der Waals surface area contributed by atoms with Gasteiger partial charge in [0.05, 0.1) is 11.9 Å². The summed E-state index contributed by atoms with van der Waals surface area (Å²) in [7, 11) is 0.0500. The number of rotatable bonds is 5. The molecule has 0 amide bonds. The molecular formula is C13H28N2O3S. The summed E-state index contributed by atoms with van der Waals surface area (Å²) in [6.45, 7) is 6.87. The fourth-order valence-electron chi connectivity index (χ4n) is 2.66. The van der Waals surface area contributed by atoms with Crippen LogP contribution in [0.5, 0.6) is 0 Å². The molecule has 1 aliphatic heterocycles. The molecule has 1 rings (SSSR count). The molecule has 1 atom stereocenters. The van der Waals surface area contributed by atoms with E-state index in [1.54, 1.807) is 14.1 Å². The molecule has 1 aliphatic rings. The van der Waals surface area contributed by atoms with Crippen molar-refractivity contribution in [3.8, 4) is 0 Å². The Morgan fingerprint density at radius 2 is 2.00 bits per heavy atom. The van der Waals surface area contributed by atoms with Gasteiger partial charge in [0.1, 0.15) is 0 Å². The lowest BCUT2D eigenvalue weighted by molar-refractivity contribution is 0.121. The molecule has 6 heteroatoms. The van der Waals surface area contributed by atoms with Crippen LogP contribution in [0.2, 0.25) is 0 Å². The van der Waals surface area contributed by atoms with Crippen molar-refractivity contribution in [1.82, 2.24) is 9.21 Å². The highest BCUT2D eigenvalue weighted by Gasteiger charge is 2.29. The van der Waals surface area contributed by atoms with E-state index < -0.39 is 10.0 Å². The summed E-state index contributed by atoms with van der Waals surface area (Å²) in [5.74, 6) is 0.194. The minimum Gasteiger partial charge on any atom is -0.393 e. The van der Waals surface area contributed by atoms with E-state index in [-0.39, 0.29) is 17.3 Å². The SMILES string of the molecule is CN(C)S(=O)(=O)CCCN1CCC(O)CC(C)(C)C1. The predicted octanol–water partition coefficient (Wildman–Crippen LogP) is 0.751. The highest BCUT2D eigenvalue weighted by Crippen LogP contribution is 2.28. The first-order valence-corrected chi connectivity index (χ1v) is 8.54. The lowest BCUT2D eigenvalue weighted by Crippen LogP contribution is -2.35. The lowest BCUT2D eigenvalue weighted by Gasteiger charge is -2.29. The second kappa shape index (κ2) is 6.52. The van der Waals surface area contributed by atoms with E-state index in [1.165, 1.54) is 4.31 Å². The van der Waals surface area contributed by atoms with Crippen LogP contribution in [0.4, 0.5) is 0 Å². The van der Waals surface area contributed by atoms with Crippen molar-refractivity contribution >= 4 is 10.0 Å². The Hall–Kier alpha value is -0.170. The topological polar surface area (TPSA) is 60.9 Å². The molecular weight excluding hydrogens is 264 g/mol. The Morgan fingerprint density at radius 3 is 2.58 bits per heavy atom. The number of aliphatic hydroxyl groups excluding tert-OH is 1. The van der Waals surface area contributed by atoms with Gasteiger partial charge in [0.25, 0.3) is 0 Å². The van der Waals surface area contributed by atoms with Gasteiger partial charge in [-0.25, -0.2) is 12.7 Å². The molecule has 114 valence electrons. The minimum atomic E-state index is -3.09. The molecule has 0 aromatic heterocycles. The van der Waals surface area contributed by atoms with Crippen molar-refractivity contribution in [1.29, 1.82) is 0 Å². The molecule has 1 N–H and O–H groups in total. The van der Waals surface area contributed by atoms with Gasteiger partial charge < -0.3 is 10.0 Å². The van der Waals surface area contributed by atoms with Gasteiger partial charge in [-0.05, 0) is 31.2 Å². The standard InChI is InChI=1S/C13H28N2O3S/c1-13(2)10-12(16)6-8-15(11-13)7-5-9-19(17,18)14(3)4/h12,16H,5-11H2,1-4H3. The van der Waals surface area contributed by atoms with Crippen LogP contribution in [0.3, 0.4) is 0 Å². The van der Waals surface area contributed by atoms with Gasteiger partial charge in [0, 0.05) is 27.2 Å². The van der Waals surface area contributed by atoms with Gasteiger partial charge in [-0.3, -0.25) is 0 Å². The van der Waals surface area contributed by atoms with E-state index in [9.17, 15) is 13.5 Å². The zero-order chi connectivity index (χ0) is 14.7. The quantitative estimate of drug-likeness (QED) is 0.812. The number of aliphatic hydroxyl groups is 1. The second-order valence-corrected chi connectivity index (χ2v) is 8.84. The van der Waals surface area contributed by atoms with Crippen molar-refractivity contribution < 1.29 is 13.5 Å². The normalized spacial score (nSPS) is 25.5. The number of sulfonamides is 1. The van der Waals surface area contributed by atoms with E-state index in [0.29, 0.717) is 6.42 Å². The molecule has 0 saturated carbocycles. The van der Waals surface area contributed by atoms with Crippen molar-refractivity contribution in [2.24, 2.45) is 5.41 Å². The maximum atomic E-state index is 11.7. The van der Waals surface area contributed by atoms with Gasteiger partial charge in [-0.15, -0.1) is 0 Å². The van der Waals surface area contributed by atoms with Crippen LogP contribution in [0.15, 0.2) is 0 Å². The van der Waals surface area contributed by atoms with Crippen LogP contribution in [0.25, 0.3) is 0 Å².